The number of alkyl halides is 1. The lowest BCUT2D eigenvalue weighted by atomic mass is 10.0. The van der Waals surface area contributed by atoms with Gasteiger partial charge in [0.05, 0.1) is 15.9 Å². The van der Waals surface area contributed by atoms with Crippen LogP contribution in [0.25, 0.3) is 0 Å². The maximum absolute atomic E-state index is 4.94. The monoisotopic (exact) mass is 331 g/mol. The summed E-state index contributed by atoms with van der Waals surface area (Å²) in [7, 11) is 0. The third-order valence-electron chi connectivity index (χ3n) is 3.14. The Balaban J connectivity index is 1.96. The van der Waals surface area contributed by atoms with Gasteiger partial charge in [0.15, 0.2) is 0 Å². The number of halogens is 1. The molecule has 1 aliphatic heterocycles. The van der Waals surface area contributed by atoms with E-state index in [-0.39, 0.29) is 6.04 Å². The fourth-order valence-corrected chi connectivity index (χ4v) is 3.98. The number of benzene rings is 2. The molecule has 1 nitrogen and oxygen atoms in total. The maximum Gasteiger partial charge on any atom is 0.0985 e. The Morgan fingerprint density at radius 3 is 2.26 bits per heavy atom. The minimum atomic E-state index is 0.206. The Kier molecular flexibility index (Phi) is 4.04. The van der Waals surface area contributed by atoms with Crippen LogP contribution in [-0.4, -0.2) is 15.6 Å². The molecule has 96 valence electrons. The Hall–Kier alpha value is -1.06. The summed E-state index contributed by atoms with van der Waals surface area (Å²) in [5.41, 5.74) is 2.49. The SMILES string of the molecule is Br[C@H]1CSC(c2ccccc2)=N[C@H]1c1ccccc1. The molecule has 0 saturated carbocycles. The third kappa shape index (κ3) is 2.93. The second-order valence-corrected chi connectivity index (χ2v) is 6.67. The molecule has 0 amide bonds. The molecule has 1 aliphatic rings. The molecular weight excluding hydrogens is 318 g/mol. The summed E-state index contributed by atoms with van der Waals surface area (Å²) < 4.78 is 0. The van der Waals surface area contributed by atoms with Crippen LogP contribution in [0.4, 0.5) is 0 Å². The smallest absolute Gasteiger partial charge is 0.0985 e. The van der Waals surface area contributed by atoms with E-state index in [9.17, 15) is 0 Å². The van der Waals surface area contributed by atoms with E-state index in [1.807, 2.05) is 23.9 Å². The number of nitrogens with zero attached hydrogens (tertiary/aromatic N) is 1. The summed E-state index contributed by atoms with van der Waals surface area (Å²) in [6, 6.07) is 21.1. The van der Waals surface area contributed by atoms with E-state index in [4.69, 9.17) is 4.99 Å². The second kappa shape index (κ2) is 5.93. The van der Waals surface area contributed by atoms with Crippen molar-refractivity contribution < 1.29 is 0 Å². The fourth-order valence-electron chi connectivity index (χ4n) is 2.17. The first-order valence-electron chi connectivity index (χ1n) is 6.29. The van der Waals surface area contributed by atoms with Crippen LogP contribution in [0, 0.1) is 0 Å². The molecule has 1 heterocycles. The van der Waals surface area contributed by atoms with Gasteiger partial charge >= 0.3 is 0 Å². The molecular formula is C16H14BrNS. The van der Waals surface area contributed by atoms with Crippen LogP contribution in [-0.2, 0) is 0 Å². The van der Waals surface area contributed by atoms with Crippen LogP contribution in [0.3, 0.4) is 0 Å². The summed E-state index contributed by atoms with van der Waals surface area (Å²) in [6.07, 6.45) is 0. The average molecular weight is 332 g/mol. The molecule has 0 fully saturated rings. The normalized spacial score (nSPS) is 22.9. The molecule has 2 aromatic carbocycles. The van der Waals surface area contributed by atoms with Crippen LogP contribution in [0.5, 0.6) is 0 Å². The minimum Gasteiger partial charge on any atom is -0.269 e. The highest BCUT2D eigenvalue weighted by Crippen LogP contribution is 2.35. The Morgan fingerprint density at radius 2 is 1.58 bits per heavy atom. The topological polar surface area (TPSA) is 12.4 Å². The number of aliphatic imine (C=N–C) groups is 1. The van der Waals surface area contributed by atoms with Crippen molar-refractivity contribution in [2.45, 2.75) is 10.9 Å². The second-order valence-electron chi connectivity index (χ2n) is 4.48. The zero-order valence-electron chi connectivity index (χ0n) is 10.4. The molecule has 0 bridgehead atoms. The molecule has 3 heteroatoms. The van der Waals surface area contributed by atoms with Gasteiger partial charge in [-0.1, -0.05) is 76.6 Å². The predicted octanol–water partition coefficient (Wildman–Crippen LogP) is 4.68. The molecule has 2 atom stereocenters. The van der Waals surface area contributed by atoms with Crippen molar-refractivity contribution in [3.63, 3.8) is 0 Å². The Morgan fingerprint density at radius 1 is 0.947 bits per heavy atom. The molecule has 0 aromatic heterocycles. The highest BCUT2D eigenvalue weighted by molar-refractivity contribution is 9.09. The van der Waals surface area contributed by atoms with Crippen molar-refractivity contribution in [1.29, 1.82) is 0 Å². The standard InChI is InChI=1S/C16H14BrNS/c17-14-11-19-16(13-9-5-2-6-10-13)18-15(14)12-7-3-1-4-8-12/h1-10,14-15H,11H2/t14-,15-/m0/s1. The summed E-state index contributed by atoms with van der Waals surface area (Å²) in [5.74, 6) is 1.05. The Bertz CT molecular complexity index is 568. The van der Waals surface area contributed by atoms with Gasteiger partial charge in [-0.05, 0) is 5.56 Å². The van der Waals surface area contributed by atoms with Crippen molar-refractivity contribution in [2.24, 2.45) is 4.99 Å². The number of hydrogen-bond acceptors (Lipinski definition) is 2. The first kappa shape index (κ1) is 12.9. The summed E-state index contributed by atoms with van der Waals surface area (Å²) >= 11 is 5.59. The van der Waals surface area contributed by atoms with E-state index in [0.717, 1.165) is 10.8 Å². The highest BCUT2D eigenvalue weighted by atomic mass is 79.9. The zero-order valence-corrected chi connectivity index (χ0v) is 12.8. The van der Waals surface area contributed by atoms with Crippen molar-refractivity contribution in [3.8, 4) is 0 Å². The third-order valence-corrected chi connectivity index (χ3v) is 5.53. The number of thioether (sulfide) groups is 1. The fraction of sp³-hybridized carbons (Fsp3) is 0.188. The Labute approximate surface area is 126 Å². The number of hydrogen-bond donors (Lipinski definition) is 0. The van der Waals surface area contributed by atoms with Crippen molar-refractivity contribution in [1.82, 2.24) is 0 Å². The van der Waals surface area contributed by atoms with Crippen LogP contribution in [0.15, 0.2) is 65.7 Å². The quantitative estimate of drug-likeness (QED) is 0.727. The van der Waals surface area contributed by atoms with Crippen LogP contribution < -0.4 is 0 Å². The molecule has 3 rings (SSSR count). The lowest BCUT2D eigenvalue weighted by molar-refractivity contribution is 0.731. The minimum absolute atomic E-state index is 0.206. The van der Waals surface area contributed by atoms with Gasteiger partial charge in [0.1, 0.15) is 0 Å². The average Bonchev–Trinajstić information content (AvgIpc) is 2.49. The molecule has 0 N–H and O–H groups in total. The van der Waals surface area contributed by atoms with Crippen molar-refractivity contribution in [2.75, 3.05) is 5.75 Å². The van der Waals surface area contributed by atoms with Gasteiger partial charge in [-0.3, -0.25) is 4.99 Å². The molecule has 0 unspecified atom stereocenters. The van der Waals surface area contributed by atoms with E-state index in [0.29, 0.717) is 4.83 Å². The molecule has 19 heavy (non-hydrogen) atoms. The first-order valence-corrected chi connectivity index (χ1v) is 8.20. The summed E-state index contributed by atoms with van der Waals surface area (Å²) in [6.45, 7) is 0. The highest BCUT2D eigenvalue weighted by Gasteiger charge is 2.26. The molecule has 2 aromatic rings. The van der Waals surface area contributed by atoms with Crippen LogP contribution >= 0.6 is 27.7 Å². The van der Waals surface area contributed by atoms with E-state index in [2.05, 4.69) is 64.5 Å². The molecule has 0 aliphatic carbocycles. The van der Waals surface area contributed by atoms with Gasteiger partial charge in [-0.2, -0.15) is 0 Å². The van der Waals surface area contributed by atoms with Crippen molar-refractivity contribution >= 4 is 32.7 Å². The lowest BCUT2D eigenvalue weighted by Crippen LogP contribution is -2.20. The lowest BCUT2D eigenvalue weighted by Gasteiger charge is -2.25. The van der Waals surface area contributed by atoms with E-state index in [1.54, 1.807) is 0 Å². The predicted molar refractivity (Wildman–Crippen MR) is 87.3 cm³/mol. The largest absolute Gasteiger partial charge is 0.269 e. The molecule has 0 radical (unpaired) electrons. The number of rotatable bonds is 2. The van der Waals surface area contributed by atoms with Crippen molar-refractivity contribution in [3.05, 3.63) is 71.8 Å². The van der Waals surface area contributed by atoms with Gasteiger partial charge in [-0.25, -0.2) is 0 Å². The van der Waals surface area contributed by atoms with Crippen LogP contribution in [0.1, 0.15) is 17.2 Å². The summed E-state index contributed by atoms with van der Waals surface area (Å²) in [5, 5.41) is 1.14. The maximum atomic E-state index is 4.94. The van der Waals surface area contributed by atoms with Gasteiger partial charge in [0.25, 0.3) is 0 Å². The molecule has 0 spiro atoms. The van der Waals surface area contributed by atoms with E-state index >= 15 is 0 Å². The van der Waals surface area contributed by atoms with Gasteiger partial charge < -0.3 is 0 Å². The first-order chi connectivity index (χ1) is 9.34. The van der Waals surface area contributed by atoms with Gasteiger partial charge in [0, 0.05) is 11.3 Å². The van der Waals surface area contributed by atoms with E-state index in [1.165, 1.54) is 11.1 Å². The molecule has 0 saturated heterocycles. The van der Waals surface area contributed by atoms with E-state index < -0.39 is 0 Å². The zero-order chi connectivity index (χ0) is 13.1. The van der Waals surface area contributed by atoms with Gasteiger partial charge in [-0.15, -0.1) is 11.8 Å². The summed E-state index contributed by atoms with van der Waals surface area (Å²) in [4.78, 5) is 5.33. The van der Waals surface area contributed by atoms with Crippen LogP contribution in [0.2, 0.25) is 0 Å². The van der Waals surface area contributed by atoms with Gasteiger partial charge in [0.2, 0.25) is 0 Å².